The van der Waals surface area contributed by atoms with Gasteiger partial charge in [-0.25, -0.2) is 9.67 Å². The molecule has 4 atom stereocenters. The van der Waals surface area contributed by atoms with E-state index in [-0.39, 0.29) is 6.61 Å². The third-order valence-electron chi connectivity index (χ3n) is 3.11. The van der Waals surface area contributed by atoms with Gasteiger partial charge >= 0.3 is 0 Å². The fourth-order valence-electron chi connectivity index (χ4n) is 2.15. The lowest BCUT2D eigenvalue weighted by Crippen LogP contribution is -2.33. The molecule has 2 aromatic heterocycles. The molecule has 7 heteroatoms. The van der Waals surface area contributed by atoms with E-state index in [9.17, 15) is 10.2 Å². The minimum atomic E-state index is -1.15. The van der Waals surface area contributed by atoms with Crippen molar-refractivity contribution in [3.05, 3.63) is 24.5 Å². The number of fused-ring (bicyclic) bond motifs is 1. The number of aromatic nitrogens is 3. The number of pyridine rings is 1. The molecule has 3 N–H and O–H groups in total. The van der Waals surface area contributed by atoms with Crippen molar-refractivity contribution in [2.45, 2.75) is 24.5 Å². The van der Waals surface area contributed by atoms with Crippen LogP contribution in [0.25, 0.3) is 11.0 Å². The Morgan fingerprint density at radius 1 is 1.33 bits per heavy atom. The fourth-order valence-corrected chi connectivity index (χ4v) is 2.15. The maximum Gasteiger partial charge on any atom is 0.181 e. The average molecular weight is 251 g/mol. The van der Waals surface area contributed by atoms with Gasteiger partial charge in [0.2, 0.25) is 0 Å². The smallest absolute Gasteiger partial charge is 0.181 e. The highest BCUT2D eigenvalue weighted by molar-refractivity contribution is 5.74. The van der Waals surface area contributed by atoms with Crippen LogP contribution in [-0.4, -0.2) is 55.0 Å². The van der Waals surface area contributed by atoms with Crippen molar-refractivity contribution in [1.82, 2.24) is 14.8 Å². The summed E-state index contributed by atoms with van der Waals surface area (Å²) in [5, 5.41) is 33.6. The number of aliphatic hydroxyl groups is 3. The molecule has 0 radical (unpaired) electrons. The summed E-state index contributed by atoms with van der Waals surface area (Å²) in [7, 11) is 0. The van der Waals surface area contributed by atoms with Crippen LogP contribution >= 0.6 is 0 Å². The van der Waals surface area contributed by atoms with E-state index in [1.165, 1.54) is 4.68 Å². The van der Waals surface area contributed by atoms with Gasteiger partial charge in [-0.15, -0.1) is 0 Å². The standard InChI is InChI=1S/C11H13N3O4/c15-5-7-8(16)9(17)11(18-7)14-10-6(4-13-14)2-1-3-12-10/h1-4,7-9,11,15-17H,5H2/t7-,8-,9+,11?/m1/s1. The third kappa shape index (κ3) is 1.60. The van der Waals surface area contributed by atoms with E-state index in [1.54, 1.807) is 18.5 Å². The van der Waals surface area contributed by atoms with Crippen molar-refractivity contribution in [3.63, 3.8) is 0 Å². The largest absolute Gasteiger partial charge is 0.394 e. The van der Waals surface area contributed by atoms with Gasteiger partial charge in [0, 0.05) is 11.6 Å². The average Bonchev–Trinajstić information content (AvgIpc) is 2.93. The van der Waals surface area contributed by atoms with Gasteiger partial charge in [0.05, 0.1) is 12.8 Å². The number of hydrogen-bond donors (Lipinski definition) is 3. The second-order valence-corrected chi connectivity index (χ2v) is 4.23. The van der Waals surface area contributed by atoms with Crippen LogP contribution in [0.3, 0.4) is 0 Å². The molecule has 0 spiro atoms. The molecule has 2 aromatic rings. The minimum Gasteiger partial charge on any atom is -0.394 e. The van der Waals surface area contributed by atoms with Gasteiger partial charge in [-0.2, -0.15) is 5.10 Å². The monoisotopic (exact) mass is 251 g/mol. The number of ether oxygens (including phenoxy) is 1. The fraction of sp³-hybridized carbons (Fsp3) is 0.455. The molecule has 3 rings (SSSR count). The summed E-state index contributed by atoms with van der Waals surface area (Å²) in [5.41, 5.74) is 0.562. The molecule has 0 aromatic carbocycles. The first kappa shape index (κ1) is 11.5. The molecule has 1 aliphatic heterocycles. The van der Waals surface area contributed by atoms with Crippen molar-refractivity contribution in [1.29, 1.82) is 0 Å². The van der Waals surface area contributed by atoms with Crippen LogP contribution in [0, 0.1) is 0 Å². The van der Waals surface area contributed by atoms with E-state index in [1.807, 2.05) is 6.07 Å². The SMILES string of the molecule is OC[C@H]1OC(n2ncc3cccnc32)[C@@H](O)[C@@H]1O. The molecule has 96 valence electrons. The molecule has 1 fully saturated rings. The Hall–Kier alpha value is -1.54. The van der Waals surface area contributed by atoms with Crippen LogP contribution in [0.2, 0.25) is 0 Å². The van der Waals surface area contributed by atoms with Gasteiger partial charge in [0.15, 0.2) is 11.9 Å². The highest BCUT2D eigenvalue weighted by atomic mass is 16.6. The van der Waals surface area contributed by atoms with Gasteiger partial charge in [-0.3, -0.25) is 0 Å². The van der Waals surface area contributed by atoms with Crippen LogP contribution in [-0.2, 0) is 4.74 Å². The quantitative estimate of drug-likeness (QED) is 0.635. The zero-order chi connectivity index (χ0) is 12.7. The lowest BCUT2D eigenvalue weighted by molar-refractivity contribution is -0.0566. The highest BCUT2D eigenvalue weighted by Crippen LogP contribution is 2.30. The number of aliphatic hydroxyl groups excluding tert-OH is 3. The molecule has 0 bridgehead atoms. The molecule has 1 saturated heterocycles. The van der Waals surface area contributed by atoms with Gasteiger partial charge < -0.3 is 20.1 Å². The summed E-state index contributed by atoms with van der Waals surface area (Å²) in [6, 6.07) is 3.62. The first-order valence-corrected chi connectivity index (χ1v) is 5.63. The molecule has 0 saturated carbocycles. The predicted molar refractivity (Wildman–Crippen MR) is 60.5 cm³/mol. The molecule has 18 heavy (non-hydrogen) atoms. The second-order valence-electron chi connectivity index (χ2n) is 4.23. The van der Waals surface area contributed by atoms with Crippen LogP contribution in [0.5, 0.6) is 0 Å². The zero-order valence-corrected chi connectivity index (χ0v) is 9.42. The number of hydrogen-bond acceptors (Lipinski definition) is 6. The Morgan fingerprint density at radius 2 is 2.17 bits per heavy atom. The van der Waals surface area contributed by atoms with Crippen LogP contribution in [0.4, 0.5) is 0 Å². The van der Waals surface area contributed by atoms with Crippen molar-refractivity contribution in [2.75, 3.05) is 6.61 Å². The molecule has 0 amide bonds. The minimum absolute atomic E-state index is 0.360. The van der Waals surface area contributed by atoms with E-state index in [2.05, 4.69) is 10.1 Å². The molecular formula is C11H13N3O4. The molecule has 3 heterocycles. The molecule has 0 aliphatic carbocycles. The van der Waals surface area contributed by atoms with Gasteiger partial charge in [0.25, 0.3) is 0 Å². The molecule has 1 aliphatic rings. The summed E-state index contributed by atoms with van der Waals surface area (Å²) in [5.74, 6) is 0. The normalized spacial score (nSPS) is 32.2. The topological polar surface area (TPSA) is 101 Å². The second kappa shape index (κ2) is 4.29. The Morgan fingerprint density at radius 3 is 2.89 bits per heavy atom. The summed E-state index contributed by atoms with van der Waals surface area (Å²) < 4.78 is 6.81. The number of rotatable bonds is 2. The van der Waals surface area contributed by atoms with Crippen molar-refractivity contribution in [3.8, 4) is 0 Å². The number of nitrogens with zero attached hydrogens (tertiary/aromatic N) is 3. The third-order valence-corrected chi connectivity index (χ3v) is 3.11. The van der Waals surface area contributed by atoms with Crippen LogP contribution in [0.1, 0.15) is 6.23 Å². The Bertz CT molecular complexity index is 558. The maximum atomic E-state index is 9.92. The van der Waals surface area contributed by atoms with E-state index in [0.29, 0.717) is 5.65 Å². The Balaban J connectivity index is 2.00. The first-order valence-electron chi connectivity index (χ1n) is 5.63. The Labute approximate surface area is 102 Å². The Kier molecular flexibility index (Phi) is 2.75. The van der Waals surface area contributed by atoms with E-state index >= 15 is 0 Å². The maximum absolute atomic E-state index is 9.92. The molecule has 7 nitrogen and oxygen atoms in total. The summed E-state index contributed by atoms with van der Waals surface area (Å²) in [6.07, 6.45) is -0.716. The lowest BCUT2D eigenvalue weighted by atomic mass is 10.1. The summed E-state index contributed by atoms with van der Waals surface area (Å²) >= 11 is 0. The first-order chi connectivity index (χ1) is 8.72. The van der Waals surface area contributed by atoms with Gasteiger partial charge in [-0.1, -0.05) is 0 Å². The summed E-state index contributed by atoms with van der Waals surface area (Å²) in [4.78, 5) is 4.16. The van der Waals surface area contributed by atoms with E-state index < -0.39 is 24.5 Å². The van der Waals surface area contributed by atoms with E-state index in [4.69, 9.17) is 9.84 Å². The summed E-state index contributed by atoms with van der Waals surface area (Å²) in [6.45, 7) is -0.360. The van der Waals surface area contributed by atoms with Crippen LogP contribution in [0.15, 0.2) is 24.5 Å². The highest BCUT2D eigenvalue weighted by Gasteiger charge is 2.44. The molecular weight excluding hydrogens is 238 g/mol. The molecule has 1 unspecified atom stereocenters. The van der Waals surface area contributed by atoms with Crippen molar-refractivity contribution >= 4 is 11.0 Å². The zero-order valence-electron chi connectivity index (χ0n) is 9.42. The van der Waals surface area contributed by atoms with Gasteiger partial charge in [0.1, 0.15) is 18.3 Å². The lowest BCUT2D eigenvalue weighted by Gasteiger charge is -2.15. The van der Waals surface area contributed by atoms with E-state index in [0.717, 1.165) is 5.39 Å². The van der Waals surface area contributed by atoms with Gasteiger partial charge in [-0.05, 0) is 12.1 Å². The predicted octanol–water partition coefficient (Wildman–Crippen LogP) is -0.957. The van der Waals surface area contributed by atoms with Crippen molar-refractivity contribution < 1.29 is 20.1 Å². The van der Waals surface area contributed by atoms with Crippen molar-refractivity contribution in [2.24, 2.45) is 0 Å². The van der Waals surface area contributed by atoms with Crippen LogP contribution < -0.4 is 0 Å².